The van der Waals surface area contributed by atoms with Gasteiger partial charge in [-0.3, -0.25) is 4.79 Å². The second kappa shape index (κ2) is 8.97. The molecule has 0 aliphatic carbocycles. The number of rotatable bonds is 5. The van der Waals surface area contributed by atoms with Gasteiger partial charge in [0.15, 0.2) is 0 Å². The number of hydrogen-bond acceptors (Lipinski definition) is 4. The van der Waals surface area contributed by atoms with Crippen LogP contribution in [-0.2, 0) is 23.0 Å². The minimum atomic E-state index is -4.78. The summed E-state index contributed by atoms with van der Waals surface area (Å²) in [4.78, 5) is 16.3. The number of carbonyl (C=O) groups excluding carboxylic acids is 1. The highest BCUT2D eigenvalue weighted by Crippen LogP contribution is 2.36. The summed E-state index contributed by atoms with van der Waals surface area (Å²) >= 11 is 12.1. The Morgan fingerprint density at radius 2 is 1.97 bits per heavy atom. The third-order valence-corrected chi connectivity index (χ3v) is 7.18. The molecule has 0 radical (unpaired) electrons. The van der Waals surface area contributed by atoms with Gasteiger partial charge in [0.25, 0.3) is 5.91 Å². The third kappa shape index (κ3) is 5.16. The monoisotopic (exact) mass is 498 g/mol. The first kappa shape index (κ1) is 23.8. The standard InChI is InChI=1S/C18H19Cl2F3N4O3S/c1-10(18(21,22)23)26-31(29,30)16-12-5-3-2-4-8-27(12)15(14(16)20)17(28)25-11-6-7-24-13(19)9-11/h6-7,9-10,26H,2-5,8H2,1H3,(H,24,25,28). The van der Waals surface area contributed by atoms with Gasteiger partial charge in [0.05, 0.1) is 5.02 Å². The van der Waals surface area contributed by atoms with Gasteiger partial charge in [-0.25, -0.2) is 13.4 Å². The van der Waals surface area contributed by atoms with E-state index in [1.54, 1.807) is 4.72 Å². The molecule has 0 fully saturated rings. The predicted molar refractivity (Wildman–Crippen MR) is 110 cm³/mol. The zero-order chi connectivity index (χ0) is 23.0. The number of alkyl halides is 3. The number of pyridine rings is 1. The summed E-state index contributed by atoms with van der Waals surface area (Å²) < 4.78 is 67.7. The first-order valence-corrected chi connectivity index (χ1v) is 11.6. The number of amides is 1. The third-order valence-electron chi connectivity index (χ3n) is 4.85. The largest absolute Gasteiger partial charge is 0.404 e. The Bertz CT molecular complexity index is 1100. The van der Waals surface area contributed by atoms with Crippen molar-refractivity contribution in [3.05, 3.63) is 39.9 Å². The van der Waals surface area contributed by atoms with Crippen LogP contribution in [0.1, 0.15) is 42.4 Å². The Labute approximate surface area is 187 Å². The summed E-state index contributed by atoms with van der Waals surface area (Å²) in [5, 5.41) is 2.29. The van der Waals surface area contributed by atoms with Crippen LogP contribution >= 0.6 is 23.2 Å². The molecular formula is C18H19Cl2F3N4O3S. The molecule has 1 aliphatic heterocycles. The molecule has 3 rings (SSSR count). The van der Waals surface area contributed by atoms with Gasteiger partial charge in [0.2, 0.25) is 10.0 Å². The van der Waals surface area contributed by atoms with E-state index in [2.05, 4.69) is 10.3 Å². The van der Waals surface area contributed by atoms with Gasteiger partial charge in [0, 0.05) is 24.1 Å². The van der Waals surface area contributed by atoms with Crippen molar-refractivity contribution < 1.29 is 26.4 Å². The van der Waals surface area contributed by atoms with Crippen LogP contribution in [0.2, 0.25) is 10.2 Å². The molecule has 1 atom stereocenters. The number of sulfonamides is 1. The van der Waals surface area contributed by atoms with Crippen LogP contribution in [0, 0.1) is 0 Å². The molecule has 2 aromatic heterocycles. The SMILES string of the molecule is CC(NS(=O)(=O)c1c(Cl)c(C(=O)Nc2ccnc(Cl)c2)n2c1CCCCC2)C(F)(F)F. The molecule has 3 heterocycles. The summed E-state index contributed by atoms with van der Waals surface area (Å²) in [6, 6.07) is 0.545. The van der Waals surface area contributed by atoms with Crippen LogP contribution in [0.5, 0.6) is 0 Å². The number of anilines is 1. The number of halogens is 5. The van der Waals surface area contributed by atoms with Crippen LogP contribution < -0.4 is 10.0 Å². The fraction of sp³-hybridized carbons (Fsp3) is 0.444. The molecule has 2 N–H and O–H groups in total. The Morgan fingerprint density at radius 1 is 1.26 bits per heavy atom. The van der Waals surface area contributed by atoms with Crippen molar-refractivity contribution in [2.45, 2.75) is 56.3 Å². The zero-order valence-electron chi connectivity index (χ0n) is 16.3. The Kier molecular flexibility index (Phi) is 6.90. The van der Waals surface area contributed by atoms with Gasteiger partial charge in [-0.15, -0.1) is 0 Å². The van der Waals surface area contributed by atoms with E-state index >= 15 is 0 Å². The van der Waals surface area contributed by atoms with Crippen LogP contribution in [-0.4, -0.2) is 36.1 Å². The molecule has 1 amide bonds. The van der Waals surface area contributed by atoms with Gasteiger partial charge in [-0.2, -0.15) is 17.9 Å². The maximum Gasteiger partial charge on any atom is 0.404 e. The van der Waals surface area contributed by atoms with E-state index < -0.39 is 38.1 Å². The van der Waals surface area contributed by atoms with Gasteiger partial charge >= 0.3 is 6.18 Å². The predicted octanol–water partition coefficient (Wildman–Crippen LogP) is 4.40. The molecule has 31 heavy (non-hydrogen) atoms. The smallest absolute Gasteiger partial charge is 0.338 e. The van der Waals surface area contributed by atoms with Crippen molar-refractivity contribution >= 4 is 44.8 Å². The topological polar surface area (TPSA) is 93.1 Å². The van der Waals surface area contributed by atoms with Crippen molar-refractivity contribution in [2.24, 2.45) is 0 Å². The van der Waals surface area contributed by atoms with E-state index in [0.717, 1.165) is 6.42 Å². The van der Waals surface area contributed by atoms with E-state index in [1.165, 1.54) is 22.9 Å². The van der Waals surface area contributed by atoms with Crippen LogP contribution in [0.25, 0.3) is 0 Å². The molecule has 170 valence electrons. The van der Waals surface area contributed by atoms with E-state index in [9.17, 15) is 26.4 Å². The van der Waals surface area contributed by atoms with Gasteiger partial charge in [-0.1, -0.05) is 29.6 Å². The lowest BCUT2D eigenvalue weighted by atomic mass is 10.2. The average molecular weight is 499 g/mol. The minimum Gasteiger partial charge on any atom is -0.338 e. The molecule has 2 aromatic rings. The molecule has 0 aromatic carbocycles. The number of nitrogens with zero attached hydrogens (tertiary/aromatic N) is 2. The quantitative estimate of drug-likeness (QED) is 0.597. The van der Waals surface area contributed by atoms with Gasteiger partial charge < -0.3 is 9.88 Å². The van der Waals surface area contributed by atoms with E-state index in [-0.39, 0.29) is 23.0 Å². The molecule has 0 saturated carbocycles. The van der Waals surface area contributed by atoms with Crippen molar-refractivity contribution in [3.63, 3.8) is 0 Å². The molecule has 1 unspecified atom stereocenters. The van der Waals surface area contributed by atoms with Crippen LogP contribution in [0.3, 0.4) is 0 Å². The first-order chi connectivity index (χ1) is 14.4. The molecule has 13 heteroatoms. The maximum absolute atomic E-state index is 13.0. The summed E-state index contributed by atoms with van der Waals surface area (Å²) in [7, 11) is -4.66. The van der Waals surface area contributed by atoms with Crippen molar-refractivity contribution in [1.82, 2.24) is 14.3 Å². The highest BCUT2D eigenvalue weighted by atomic mass is 35.5. The normalized spacial score (nSPS) is 15.8. The van der Waals surface area contributed by atoms with Crippen LogP contribution in [0.15, 0.2) is 23.2 Å². The highest BCUT2D eigenvalue weighted by Gasteiger charge is 2.41. The van der Waals surface area contributed by atoms with Crippen molar-refractivity contribution in [2.75, 3.05) is 5.32 Å². The maximum atomic E-state index is 13.0. The number of nitrogens with one attached hydrogen (secondary N) is 2. The highest BCUT2D eigenvalue weighted by molar-refractivity contribution is 7.89. The lowest BCUT2D eigenvalue weighted by Crippen LogP contribution is -2.43. The Balaban J connectivity index is 2.07. The van der Waals surface area contributed by atoms with Gasteiger partial charge in [-0.05, 0) is 38.3 Å². The summed E-state index contributed by atoms with van der Waals surface area (Å²) in [5.41, 5.74) is 0.382. The minimum absolute atomic E-state index is 0.131. The molecule has 1 aliphatic rings. The van der Waals surface area contributed by atoms with E-state index in [1.807, 2.05) is 0 Å². The van der Waals surface area contributed by atoms with E-state index in [0.29, 0.717) is 32.0 Å². The number of fused-ring (bicyclic) bond motifs is 1. The molecule has 0 spiro atoms. The second-order valence-electron chi connectivity index (χ2n) is 7.11. The number of hydrogen-bond donors (Lipinski definition) is 2. The molecule has 0 bridgehead atoms. The Morgan fingerprint density at radius 3 is 2.61 bits per heavy atom. The van der Waals surface area contributed by atoms with Crippen LogP contribution in [0.4, 0.5) is 18.9 Å². The fourth-order valence-corrected chi connectivity index (χ4v) is 5.72. The van der Waals surface area contributed by atoms with E-state index in [4.69, 9.17) is 23.2 Å². The molecule has 7 nitrogen and oxygen atoms in total. The lowest BCUT2D eigenvalue weighted by molar-refractivity contribution is -0.147. The summed E-state index contributed by atoms with van der Waals surface area (Å²) in [5.74, 6) is -0.708. The van der Waals surface area contributed by atoms with Gasteiger partial charge in [0.1, 0.15) is 21.8 Å². The number of aromatic nitrogens is 2. The first-order valence-electron chi connectivity index (χ1n) is 9.34. The summed E-state index contributed by atoms with van der Waals surface area (Å²) in [6.07, 6.45) is -1.12. The number of carbonyl (C=O) groups is 1. The fourth-order valence-electron chi connectivity index (χ4n) is 3.37. The molecular weight excluding hydrogens is 480 g/mol. The molecule has 0 saturated heterocycles. The zero-order valence-corrected chi connectivity index (χ0v) is 18.6. The Hall–Kier alpha value is -1.82. The van der Waals surface area contributed by atoms with Crippen molar-refractivity contribution in [3.8, 4) is 0 Å². The summed E-state index contributed by atoms with van der Waals surface area (Å²) in [6.45, 7) is 1.00. The average Bonchev–Trinajstić information content (AvgIpc) is 2.76. The lowest BCUT2D eigenvalue weighted by Gasteiger charge is -2.18. The van der Waals surface area contributed by atoms with Crippen molar-refractivity contribution in [1.29, 1.82) is 0 Å². The second-order valence-corrected chi connectivity index (χ2v) is 9.52.